The van der Waals surface area contributed by atoms with Gasteiger partial charge in [-0.05, 0) is 48.6 Å². The number of nitrogens with zero attached hydrogens (tertiary/aromatic N) is 2. The van der Waals surface area contributed by atoms with Crippen LogP contribution in [0, 0.1) is 9.77 Å². The highest BCUT2D eigenvalue weighted by Gasteiger charge is 2.11. The summed E-state index contributed by atoms with van der Waals surface area (Å²) in [6, 6.07) is 10.8. The average molecular weight is 446 g/mol. The third-order valence-corrected chi connectivity index (χ3v) is 6.22. The van der Waals surface area contributed by atoms with Crippen LogP contribution in [0.2, 0.25) is 10.0 Å². The minimum Gasteiger partial charge on any atom is -0.325 e. The van der Waals surface area contributed by atoms with Crippen molar-refractivity contribution in [3.8, 4) is 5.69 Å². The molecule has 0 aliphatic heterocycles. The van der Waals surface area contributed by atoms with Crippen molar-refractivity contribution in [2.75, 3.05) is 11.1 Å². The summed E-state index contributed by atoms with van der Waals surface area (Å²) in [6.45, 7) is 0. The normalized spacial score (nSPS) is 10.7. The van der Waals surface area contributed by atoms with E-state index in [4.69, 9.17) is 35.4 Å². The first kappa shape index (κ1) is 19.3. The number of hydrogen-bond donors (Lipinski definition) is 1. The van der Waals surface area contributed by atoms with Crippen LogP contribution in [0.25, 0.3) is 5.69 Å². The van der Waals surface area contributed by atoms with E-state index in [0.717, 1.165) is 0 Å². The number of carbonyl (C=O) groups excluding carboxylic acids is 1. The summed E-state index contributed by atoms with van der Waals surface area (Å²) in [4.78, 5) is 12.0. The molecule has 0 fully saturated rings. The minimum absolute atomic E-state index is 0.125. The second-order valence-electron chi connectivity index (χ2n) is 4.99. The van der Waals surface area contributed by atoms with E-state index in [2.05, 4.69) is 10.4 Å². The quantitative estimate of drug-likeness (QED) is 0.395. The fraction of sp³-hybridized carbons (Fsp3) is 0.0625. The number of anilines is 1. The van der Waals surface area contributed by atoms with Crippen LogP contribution in [0.5, 0.6) is 0 Å². The molecule has 4 nitrogen and oxygen atoms in total. The lowest BCUT2D eigenvalue weighted by molar-refractivity contribution is -0.113. The summed E-state index contributed by atoms with van der Waals surface area (Å²) in [7, 11) is 0. The molecule has 3 rings (SSSR count). The number of aromatic nitrogens is 2. The molecule has 0 atom stereocenters. The highest BCUT2D eigenvalue weighted by molar-refractivity contribution is 8.01. The smallest absolute Gasteiger partial charge is 0.234 e. The summed E-state index contributed by atoms with van der Waals surface area (Å²) < 4.78 is 15.9. The van der Waals surface area contributed by atoms with Gasteiger partial charge in [-0.3, -0.25) is 4.79 Å². The second kappa shape index (κ2) is 8.49. The van der Waals surface area contributed by atoms with Gasteiger partial charge >= 0.3 is 0 Å². The lowest BCUT2D eigenvalue weighted by atomic mass is 10.3. The van der Waals surface area contributed by atoms with Crippen molar-refractivity contribution in [3.05, 3.63) is 62.3 Å². The van der Waals surface area contributed by atoms with E-state index in [0.29, 0.717) is 29.7 Å². The summed E-state index contributed by atoms with van der Waals surface area (Å²) in [5, 5.41) is 7.88. The van der Waals surface area contributed by atoms with Gasteiger partial charge in [0.2, 0.25) is 5.91 Å². The molecule has 0 saturated carbocycles. The van der Waals surface area contributed by atoms with Gasteiger partial charge in [0.25, 0.3) is 0 Å². The highest BCUT2D eigenvalue weighted by Crippen LogP contribution is 2.28. The molecule has 1 aromatic heterocycles. The average Bonchev–Trinajstić information content (AvgIpc) is 2.96. The molecule has 0 aliphatic carbocycles. The number of amides is 1. The van der Waals surface area contributed by atoms with Crippen LogP contribution in [-0.4, -0.2) is 21.4 Å². The number of halogens is 3. The maximum absolute atomic E-state index is 13.1. The Morgan fingerprint density at radius 3 is 2.81 bits per heavy atom. The van der Waals surface area contributed by atoms with E-state index in [1.807, 2.05) is 0 Å². The monoisotopic (exact) mass is 445 g/mol. The van der Waals surface area contributed by atoms with Crippen LogP contribution in [0.3, 0.4) is 0 Å². The number of carbonyl (C=O) groups is 1. The van der Waals surface area contributed by atoms with E-state index < -0.39 is 5.82 Å². The number of rotatable bonds is 5. The Hall–Kier alpha value is -1.45. The fourth-order valence-electron chi connectivity index (χ4n) is 1.99. The Morgan fingerprint density at radius 1 is 1.27 bits per heavy atom. The van der Waals surface area contributed by atoms with Gasteiger partial charge in [0.1, 0.15) is 5.82 Å². The molecular formula is C16H10Cl2FN3OS3. The number of thioether (sulfide) groups is 1. The molecule has 134 valence electrons. The molecule has 2 aromatic carbocycles. The Balaban J connectivity index is 1.66. The van der Waals surface area contributed by atoms with Crippen molar-refractivity contribution in [1.29, 1.82) is 0 Å². The molecule has 0 radical (unpaired) electrons. The van der Waals surface area contributed by atoms with Gasteiger partial charge in [-0.15, -0.1) is 5.10 Å². The largest absolute Gasteiger partial charge is 0.325 e. The summed E-state index contributed by atoms with van der Waals surface area (Å²) in [5.41, 5.74) is 1.10. The van der Waals surface area contributed by atoms with Crippen LogP contribution in [0.1, 0.15) is 0 Å². The van der Waals surface area contributed by atoms with Crippen molar-refractivity contribution in [2.45, 2.75) is 4.34 Å². The van der Waals surface area contributed by atoms with Gasteiger partial charge in [-0.2, -0.15) is 0 Å². The standard InChI is InChI=1S/C16H10Cl2FN3OS3/c17-12-5-4-11(7-13(12)18)22-16(24)26-15(21-22)25-8-14(23)20-10-3-1-2-9(19)6-10/h1-7H,8H2,(H,20,23). The minimum atomic E-state index is -0.409. The number of nitrogens with one attached hydrogen (secondary N) is 1. The topological polar surface area (TPSA) is 46.9 Å². The van der Waals surface area contributed by atoms with Crippen molar-refractivity contribution in [2.24, 2.45) is 0 Å². The van der Waals surface area contributed by atoms with E-state index in [1.54, 1.807) is 28.9 Å². The molecule has 0 saturated heterocycles. The molecule has 1 heterocycles. The predicted molar refractivity (Wildman–Crippen MR) is 108 cm³/mol. The molecule has 0 spiro atoms. The lowest BCUT2D eigenvalue weighted by Gasteiger charge is -2.04. The first-order valence-corrected chi connectivity index (χ1v) is 10.1. The second-order valence-corrected chi connectivity index (χ2v) is 8.65. The molecule has 26 heavy (non-hydrogen) atoms. The molecule has 1 amide bonds. The molecular weight excluding hydrogens is 436 g/mol. The van der Waals surface area contributed by atoms with Crippen LogP contribution >= 0.6 is 58.5 Å². The molecule has 1 N–H and O–H groups in total. The zero-order valence-corrected chi connectivity index (χ0v) is 16.9. The highest BCUT2D eigenvalue weighted by atomic mass is 35.5. The van der Waals surface area contributed by atoms with Crippen LogP contribution in [-0.2, 0) is 4.79 Å². The maximum Gasteiger partial charge on any atom is 0.234 e. The van der Waals surface area contributed by atoms with Gasteiger partial charge in [0, 0.05) is 5.69 Å². The Bertz CT molecular complexity index is 1020. The third kappa shape index (κ3) is 4.83. The first-order chi connectivity index (χ1) is 12.4. The molecule has 3 aromatic rings. The van der Waals surface area contributed by atoms with E-state index in [-0.39, 0.29) is 11.7 Å². The Morgan fingerprint density at radius 2 is 2.08 bits per heavy atom. The Labute approximate surface area is 171 Å². The van der Waals surface area contributed by atoms with E-state index in [1.165, 1.54) is 41.3 Å². The zero-order chi connectivity index (χ0) is 18.7. The molecule has 0 bridgehead atoms. The van der Waals surface area contributed by atoms with Crippen LogP contribution < -0.4 is 5.32 Å². The molecule has 10 heteroatoms. The maximum atomic E-state index is 13.1. The van der Waals surface area contributed by atoms with Crippen molar-refractivity contribution in [1.82, 2.24) is 9.78 Å². The fourth-order valence-corrected chi connectivity index (χ4v) is 4.44. The summed E-state index contributed by atoms with van der Waals surface area (Å²) >= 11 is 19.8. The third-order valence-electron chi connectivity index (χ3n) is 3.11. The van der Waals surface area contributed by atoms with Crippen molar-refractivity contribution < 1.29 is 9.18 Å². The van der Waals surface area contributed by atoms with Gasteiger partial charge in [-0.1, -0.05) is 52.4 Å². The molecule has 0 unspecified atom stereocenters. The summed E-state index contributed by atoms with van der Waals surface area (Å²) in [5.74, 6) is -0.545. The summed E-state index contributed by atoms with van der Waals surface area (Å²) in [6.07, 6.45) is 0. The SMILES string of the molecule is O=C(CSc1nn(-c2ccc(Cl)c(Cl)c2)c(=S)s1)Nc1cccc(F)c1. The Kier molecular flexibility index (Phi) is 6.31. The van der Waals surface area contributed by atoms with Crippen molar-refractivity contribution in [3.63, 3.8) is 0 Å². The van der Waals surface area contributed by atoms with Crippen molar-refractivity contribution >= 4 is 70.1 Å². The number of hydrogen-bond acceptors (Lipinski definition) is 5. The number of benzene rings is 2. The predicted octanol–water partition coefficient (Wildman–Crippen LogP) is 5.84. The van der Waals surface area contributed by atoms with Crippen LogP contribution in [0.15, 0.2) is 46.8 Å². The van der Waals surface area contributed by atoms with E-state index in [9.17, 15) is 9.18 Å². The van der Waals surface area contributed by atoms with Gasteiger partial charge in [-0.25, -0.2) is 9.07 Å². The van der Waals surface area contributed by atoms with Crippen LogP contribution in [0.4, 0.5) is 10.1 Å². The van der Waals surface area contributed by atoms with Gasteiger partial charge < -0.3 is 5.32 Å². The van der Waals surface area contributed by atoms with E-state index >= 15 is 0 Å². The lowest BCUT2D eigenvalue weighted by Crippen LogP contribution is -2.14. The van der Waals surface area contributed by atoms with Gasteiger partial charge in [0.05, 0.1) is 21.5 Å². The first-order valence-electron chi connectivity index (χ1n) is 7.16. The molecule has 0 aliphatic rings. The zero-order valence-electron chi connectivity index (χ0n) is 12.9. The van der Waals surface area contributed by atoms with Gasteiger partial charge in [0.15, 0.2) is 8.29 Å².